The number of aromatic nitrogens is 16. The molecule has 0 unspecified atom stereocenters. The molecule has 0 amide bonds. The molecule has 24 nitrogen and oxygen atoms in total. The number of fused-ring (bicyclic) bond motifs is 24. The highest BCUT2D eigenvalue weighted by atomic mass is 16.2. The van der Waals surface area contributed by atoms with Crippen molar-refractivity contribution in [3.05, 3.63) is 131 Å². The van der Waals surface area contributed by atoms with Crippen LogP contribution in [0.25, 0.3) is 134 Å². The minimum absolute atomic E-state index is 0.174. The van der Waals surface area contributed by atoms with E-state index in [2.05, 4.69) is 9.97 Å². The van der Waals surface area contributed by atoms with Gasteiger partial charge in [-0.15, -0.1) is 0 Å². The van der Waals surface area contributed by atoms with Crippen LogP contribution in [0.4, 0.5) is 0 Å². The molecular weight excluding hydrogens is 1120 g/mol. The van der Waals surface area contributed by atoms with Crippen molar-refractivity contribution in [1.82, 2.24) is 76.4 Å². The Morgan fingerprint density at radius 3 is 0.568 bits per heavy atom. The Hall–Kier alpha value is -10.0. The number of hydrogen-bond acceptors (Lipinski definition) is 14. The second kappa shape index (κ2) is 22.1. The number of H-pyrrole nitrogens is 2. The van der Waals surface area contributed by atoms with E-state index in [1.54, 1.807) is 0 Å². The van der Waals surface area contributed by atoms with E-state index in [0.29, 0.717) is 139 Å². The molecule has 9 heterocycles. The van der Waals surface area contributed by atoms with Crippen LogP contribution in [0.15, 0.2) is 86.9 Å². The third kappa shape index (κ3) is 8.67. The van der Waals surface area contributed by atoms with Gasteiger partial charge < -0.3 is 46.5 Å². The Morgan fingerprint density at radius 2 is 0.409 bits per heavy atom. The van der Waals surface area contributed by atoms with E-state index < -0.39 is 44.5 Å². The molecule has 11 aromatic rings. The summed E-state index contributed by atoms with van der Waals surface area (Å²) in [6.07, 6.45) is 4.43. The Balaban J connectivity index is 1.28. The van der Waals surface area contributed by atoms with Crippen LogP contribution in [-0.2, 0) is 52.4 Å². The molecule has 4 aromatic carbocycles. The molecule has 2 aliphatic rings. The largest absolute Gasteiger partial charge is 0.324 e. The van der Waals surface area contributed by atoms with E-state index in [0.717, 1.165) is 0 Å². The maximum Gasteiger partial charge on any atom is 0.316 e. The summed E-state index contributed by atoms with van der Waals surface area (Å²) < 4.78 is 12.0. The standard InChI is InChI=1S/C64H66N16O8/c1-9-17-73-41-25-33-34(26-42(41)74(18-10-2)58(82)57(73)81)50-65-49(33)69-51-35-27-43-44(76(20-12-4)60(84)59(83)75(43)19-11-3)28-36(35)53(66-51)71-55-39-31-47-48(80(24-16-8)64(88)63(87)79(47)23-15-7)32-40(39)56(68-55)72-54-38-30-46-45(29-37(38)52(67-54)70-50)77(21-13-5)61(85)62(86)78(46)22-14-6/h25-32H,9-24H2,1-8H3,(H2,65,66,67,68,69,70,71,72). The molecule has 7 aromatic heterocycles. The van der Waals surface area contributed by atoms with Crippen LogP contribution in [-0.4, -0.2) is 76.4 Å². The van der Waals surface area contributed by atoms with Crippen molar-refractivity contribution in [2.24, 2.45) is 0 Å². The molecule has 2 N–H and O–H groups in total. The number of benzene rings is 4. The van der Waals surface area contributed by atoms with Crippen LogP contribution >= 0.6 is 0 Å². The quantitative estimate of drug-likeness (QED) is 0.0866. The first kappa shape index (κ1) is 57.1. The molecule has 0 fully saturated rings. The molecule has 0 spiro atoms. The predicted molar refractivity (Wildman–Crippen MR) is 342 cm³/mol. The van der Waals surface area contributed by atoms with Crippen LogP contribution in [0.3, 0.4) is 0 Å². The van der Waals surface area contributed by atoms with Crippen LogP contribution in [0.1, 0.15) is 107 Å². The zero-order valence-electron chi connectivity index (χ0n) is 50.5. The predicted octanol–water partition coefficient (Wildman–Crippen LogP) is 8.06. The Bertz CT molecular complexity index is 4880. The number of nitrogens with one attached hydrogen (secondary N) is 2. The van der Waals surface area contributed by atoms with Crippen molar-refractivity contribution in [2.75, 3.05) is 0 Å². The highest BCUT2D eigenvalue weighted by molar-refractivity contribution is 6.12. The van der Waals surface area contributed by atoms with Gasteiger partial charge in [-0.1, -0.05) is 55.4 Å². The van der Waals surface area contributed by atoms with Gasteiger partial charge in [0.05, 0.1) is 44.1 Å². The average molecular weight is 1190 g/mol. The van der Waals surface area contributed by atoms with Gasteiger partial charge in [0, 0.05) is 96.2 Å². The number of hydrogen-bond donors (Lipinski definition) is 2. The topological polar surface area (TPSA) is 285 Å². The first-order valence-electron chi connectivity index (χ1n) is 30.7. The lowest BCUT2D eigenvalue weighted by atomic mass is 10.1. The summed E-state index contributed by atoms with van der Waals surface area (Å²) >= 11 is 0. The van der Waals surface area contributed by atoms with Gasteiger partial charge in [0.2, 0.25) is 0 Å². The summed E-state index contributed by atoms with van der Waals surface area (Å²) in [7, 11) is 0. The third-order valence-electron chi connectivity index (χ3n) is 16.8. The summed E-state index contributed by atoms with van der Waals surface area (Å²) in [5, 5.41) is 2.03. The maximum absolute atomic E-state index is 14.1. The highest BCUT2D eigenvalue weighted by Gasteiger charge is 2.29. The fourth-order valence-electron chi connectivity index (χ4n) is 13.0. The molecule has 13 rings (SSSR count). The molecule has 2 aliphatic heterocycles. The van der Waals surface area contributed by atoms with Crippen molar-refractivity contribution in [1.29, 1.82) is 0 Å². The third-order valence-corrected chi connectivity index (χ3v) is 16.8. The van der Waals surface area contributed by atoms with Crippen LogP contribution < -0.4 is 44.5 Å². The molecule has 88 heavy (non-hydrogen) atoms. The van der Waals surface area contributed by atoms with E-state index >= 15 is 0 Å². The fraction of sp³-hybridized carbons (Fsp3) is 0.375. The Labute approximate surface area is 498 Å². The maximum atomic E-state index is 14.1. The second-order valence-electron chi connectivity index (χ2n) is 22.8. The first-order valence-corrected chi connectivity index (χ1v) is 30.7. The number of rotatable bonds is 16. The number of aromatic amines is 2. The minimum atomic E-state index is -0.662. The lowest BCUT2D eigenvalue weighted by Gasteiger charge is -2.15. The van der Waals surface area contributed by atoms with E-state index in [1.165, 1.54) is 36.5 Å². The van der Waals surface area contributed by atoms with E-state index in [1.807, 2.05) is 104 Å². The number of nitrogens with zero attached hydrogens (tertiary/aromatic N) is 14. The summed E-state index contributed by atoms with van der Waals surface area (Å²) in [6, 6.07) is 14.6. The van der Waals surface area contributed by atoms with Crippen LogP contribution in [0.5, 0.6) is 0 Å². The summed E-state index contributed by atoms with van der Waals surface area (Å²) in [4.78, 5) is 152. The SMILES string of the molecule is CCCn1c(=O)c(=O)n(CCC)c2cc3c(cc21)-c1nc-3nc2[nH]c(nc3nc(nc4[nH]c(n1)c1cc5c(cc41)n(CCC)c(=O)c(=O)n5CCC)-c1cc4c(cc1-3)n(CCC)c(=O)c(=O)n4CCC)c1cc3c(cc21)n(CCC)c(=O)c(=O)n3CCC. The molecule has 0 saturated carbocycles. The van der Waals surface area contributed by atoms with E-state index in [-0.39, 0.29) is 98.2 Å². The van der Waals surface area contributed by atoms with E-state index in [4.69, 9.17) is 29.9 Å². The average Bonchev–Trinajstić information content (AvgIpc) is 1.80. The second-order valence-corrected chi connectivity index (χ2v) is 22.8. The lowest BCUT2D eigenvalue weighted by Crippen LogP contribution is -2.41. The van der Waals surface area contributed by atoms with Gasteiger partial charge in [0.1, 0.15) is 22.6 Å². The fourth-order valence-corrected chi connectivity index (χ4v) is 13.0. The molecule has 0 saturated heterocycles. The zero-order valence-corrected chi connectivity index (χ0v) is 50.5. The summed E-state index contributed by atoms with van der Waals surface area (Å²) in [5.74, 6) is 0.694. The van der Waals surface area contributed by atoms with Crippen molar-refractivity contribution >= 4 is 88.3 Å². The molecule has 0 atom stereocenters. The monoisotopic (exact) mass is 1190 g/mol. The van der Waals surface area contributed by atoms with Crippen molar-refractivity contribution in [3.63, 3.8) is 0 Å². The molecular formula is C64H66N16O8. The van der Waals surface area contributed by atoms with Crippen molar-refractivity contribution < 1.29 is 0 Å². The van der Waals surface area contributed by atoms with Crippen molar-refractivity contribution in [3.8, 4) is 45.6 Å². The molecule has 450 valence electrons. The van der Waals surface area contributed by atoms with Crippen LogP contribution in [0.2, 0.25) is 0 Å². The van der Waals surface area contributed by atoms with Gasteiger partial charge in [-0.2, -0.15) is 0 Å². The smallest absolute Gasteiger partial charge is 0.316 e. The summed E-state index contributed by atoms with van der Waals surface area (Å²) in [5.41, 5.74) is 1.61. The summed E-state index contributed by atoms with van der Waals surface area (Å²) in [6.45, 7) is 17.5. The van der Waals surface area contributed by atoms with Gasteiger partial charge in [-0.05, 0) is 99.9 Å². The van der Waals surface area contributed by atoms with Crippen molar-refractivity contribution in [2.45, 2.75) is 159 Å². The Kier molecular flexibility index (Phi) is 14.3. The Morgan fingerprint density at radius 1 is 0.250 bits per heavy atom. The molecule has 24 heteroatoms. The highest BCUT2D eigenvalue weighted by Crippen LogP contribution is 2.41. The lowest BCUT2D eigenvalue weighted by molar-refractivity contribution is 0.620. The molecule has 0 aliphatic carbocycles. The molecule has 8 bridgehead atoms. The minimum Gasteiger partial charge on any atom is -0.324 e. The van der Waals surface area contributed by atoms with Gasteiger partial charge in [0.15, 0.2) is 23.3 Å². The van der Waals surface area contributed by atoms with Gasteiger partial charge in [0.25, 0.3) is 0 Å². The van der Waals surface area contributed by atoms with Gasteiger partial charge >= 0.3 is 44.5 Å². The van der Waals surface area contributed by atoms with E-state index in [9.17, 15) is 38.4 Å². The number of aryl methyl sites for hydroxylation is 8. The van der Waals surface area contributed by atoms with Crippen LogP contribution in [0, 0.1) is 0 Å². The first-order chi connectivity index (χ1) is 42.6. The van der Waals surface area contributed by atoms with Gasteiger partial charge in [-0.3, -0.25) is 38.4 Å². The zero-order chi connectivity index (χ0) is 61.7. The molecule has 0 radical (unpaired) electrons. The normalized spacial score (nSPS) is 12.3. The van der Waals surface area contributed by atoms with Gasteiger partial charge in [-0.25, -0.2) is 29.9 Å².